The molecule has 0 bridgehead atoms. The number of aryl methyl sites for hydroxylation is 1. The topological polar surface area (TPSA) is 61.7 Å². The molecular formula is C13H21ClN2O2. The zero-order valence-corrected chi connectivity index (χ0v) is 12.3. The SMILES string of the molecule is CC.CC.Cc1cc(Cl)c(NCO)cc1N=C=O. The van der Waals surface area contributed by atoms with Crippen molar-refractivity contribution in [3.05, 3.63) is 22.7 Å². The summed E-state index contributed by atoms with van der Waals surface area (Å²) in [6.07, 6.45) is 1.46. The van der Waals surface area contributed by atoms with Crippen LogP contribution in [0.15, 0.2) is 17.1 Å². The van der Waals surface area contributed by atoms with Gasteiger partial charge in [0.15, 0.2) is 0 Å². The van der Waals surface area contributed by atoms with E-state index in [0.29, 0.717) is 16.4 Å². The van der Waals surface area contributed by atoms with E-state index in [9.17, 15) is 4.79 Å². The normalized spacial score (nSPS) is 7.94. The molecule has 0 atom stereocenters. The molecule has 0 saturated carbocycles. The summed E-state index contributed by atoms with van der Waals surface area (Å²) in [7, 11) is 0. The lowest BCUT2D eigenvalue weighted by atomic mass is 10.2. The van der Waals surface area contributed by atoms with Crippen LogP contribution in [-0.4, -0.2) is 17.9 Å². The van der Waals surface area contributed by atoms with Gasteiger partial charge in [-0.05, 0) is 24.6 Å². The number of hydrogen-bond acceptors (Lipinski definition) is 4. The Labute approximate surface area is 114 Å². The van der Waals surface area contributed by atoms with Gasteiger partial charge in [-0.25, -0.2) is 4.79 Å². The average molecular weight is 273 g/mol. The maximum Gasteiger partial charge on any atom is 0.240 e. The van der Waals surface area contributed by atoms with Gasteiger partial charge in [-0.2, -0.15) is 4.99 Å². The molecular weight excluding hydrogens is 252 g/mol. The molecule has 0 unspecified atom stereocenters. The molecule has 5 heteroatoms. The molecule has 18 heavy (non-hydrogen) atoms. The Morgan fingerprint density at radius 1 is 1.33 bits per heavy atom. The first-order valence-electron chi connectivity index (χ1n) is 5.91. The van der Waals surface area contributed by atoms with Crippen molar-refractivity contribution in [1.29, 1.82) is 0 Å². The highest BCUT2D eigenvalue weighted by Crippen LogP contribution is 2.30. The summed E-state index contributed by atoms with van der Waals surface area (Å²) in [6, 6.07) is 3.24. The van der Waals surface area contributed by atoms with E-state index >= 15 is 0 Å². The molecule has 0 heterocycles. The minimum absolute atomic E-state index is 0.229. The maximum atomic E-state index is 10.1. The van der Waals surface area contributed by atoms with Crippen molar-refractivity contribution in [2.75, 3.05) is 12.0 Å². The van der Waals surface area contributed by atoms with Crippen molar-refractivity contribution in [1.82, 2.24) is 0 Å². The van der Waals surface area contributed by atoms with Gasteiger partial charge in [0.25, 0.3) is 0 Å². The Kier molecular flexibility index (Phi) is 12.8. The molecule has 0 radical (unpaired) electrons. The number of isocyanates is 1. The number of hydrogen-bond donors (Lipinski definition) is 2. The first kappa shape index (κ1) is 19.0. The van der Waals surface area contributed by atoms with E-state index in [4.69, 9.17) is 16.7 Å². The zero-order valence-electron chi connectivity index (χ0n) is 11.5. The van der Waals surface area contributed by atoms with Gasteiger partial charge >= 0.3 is 0 Å². The molecule has 0 saturated heterocycles. The third-order valence-electron chi connectivity index (χ3n) is 1.72. The summed E-state index contributed by atoms with van der Waals surface area (Å²) in [5.74, 6) is 0. The quantitative estimate of drug-likeness (QED) is 0.496. The molecule has 1 aromatic carbocycles. The molecule has 0 aliphatic heterocycles. The predicted octanol–water partition coefficient (Wildman–Crippen LogP) is 4.03. The Morgan fingerprint density at radius 2 is 1.89 bits per heavy atom. The van der Waals surface area contributed by atoms with Crippen molar-refractivity contribution >= 4 is 29.1 Å². The lowest BCUT2D eigenvalue weighted by Crippen LogP contribution is -1.99. The number of benzene rings is 1. The summed E-state index contributed by atoms with van der Waals surface area (Å²) in [5, 5.41) is 11.8. The fraction of sp³-hybridized carbons (Fsp3) is 0.462. The van der Waals surface area contributed by atoms with Crippen LogP contribution in [0.4, 0.5) is 11.4 Å². The summed E-state index contributed by atoms with van der Waals surface area (Å²) >= 11 is 5.87. The second-order valence-electron chi connectivity index (χ2n) is 2.66. The van der Waals surface area contributed by atoms with E-state index in [2.05, 4.69) is 10.3 Å². The molecule has 0 amide bonds. The Bertz CT molecular complexity index is 389. The molecule has 0 aliphatic rings. The first-order valence-corrected chi connectivity index (χ1v) is 6.29. The largest absolute Gasteiger partial charge is 0.377 e. The summed E-state index contributed by atoms with van der Waals surface area (Å²) in [5.41, 5.74) is 1.80. The van der Waals surface area contributed by atoms with Crippen LogP contribution in [0.1, 0.15) is 33.3 Å². The van der Waals surface area contributed by atoms with Crippen molar-refractivity contribution in [2.24, 2.45) is 4.99 Å². The number of nitrogens with zero attached hydrogens (tertiary/aromatic N) is 1. The predicted molar refractivity (Wildman–Crippen MR) is 77.4 cm³/mol. The van der Waals surface area contributed by atoms with Crippen LogP contribution in [0.2, 0.25) is 5.02 Å². The van der Waals surface area contributed by atoms with Crippen LogP contribution >= 0.6 is 11.6 Å². The van der Waals surface area contributed by atoms with E-state index in [-0.39, 0.29) is 6.73 Å². The Morgan fingerprint density at radius 3 is 2.33 bits per heavy atom. The number of aliphatic hydroxyl groups is 1. The lowest BCUT2D eigenvalue weighted by Gasteiger charge is -2.07. The second-order valence-corrected chi connectivity index (χ2v) is 3.06. The molecule has 0 fully saturated rings. The van der Waals surface area contributed by atoms with Crippen LogP contribution in [0.5, 0.6) is 0 Å². The third kappa shape index (κ3) is 6.40. The van der Waals surface area contributed by atoms with Gasteiger partial charge in [0.05, 0.1) is 16.4 Å². The van der Waals surface area contributed by atoms with E-state index in [0.717, 1.165) is 5.56 Å². The van der Waals surface area contributed by atoms with Crippen LogP contribution in [0, 0.1) is 6.92 Å². The monoisotopic (exact) mass is 272 g/mol. The van der Waals surface area contributed by atoms with E-state index < -0.39 is 0 Å². The number of nitrogens with one attached hydrogen (secondary N) is 1. The van der Waals surface area contributed by atoms with Crippen molar-refractivity contribution in [3.8, 4) is 0 Å². The number of anilines is 1. The minimum atomic E-state index is -0.229. The van der Waals surface area contributed by atoms with Gasteiger partial charge < -0.3 is 10.4 Å². The fourth-order valence-corrected chi connectivity index (χ4v) is 1.34. The van der Waals surface area contributed by atoms with Crippen LogP contribution in [0.3, 0.4) is 0 Å². The Balaban J connectivity index is 0. The molecule has 0 aromatic heterocycles. The van der Waals surface area contributed by atoms with Crippen molar-refractivity contribution in [3.63, 3.8) is 0 Å². The molecule has 4 nitrogen and oxygen atoms in total. The van der Waals surface area contributed by atoms with Crippen LogP contribution < -0.4 is 5.32 Å². The zero-order chi connectivity index (χ0) is 14.6. The number of rotatable bonds is 3. The summed E-state index contributed by atoms with van der Waals surface area (Å²) in [4.78, 5) is 13.6. The summed E-state index contributed by atoms with van der Waals surface area (Å²) < 4.78 is 0. The van der Waals surface area contributed by atoms with Gasteiger partial charge in [0.2, 0.25) is 6.08 Å². The van der Waals surface area contributed by atoms with Crippen LogP contribution in [0.25, 0.3) is 0 Å². The first-order chi connectivity index (χ1) is 8.69. The van der Waals surface area contributed by atoms with E-state index in [1.54, 1.807) is 19.1 Å². The highest BCUT2D eigenvalue weighted by atomic mass is 35.5. The lowest BCUT2D eigenvalue weighted by molar-refractivity contribution is 0.325. The third-order valence-corrected chi connectivity index (χ3v) is 2.03. The minimum Gasteiger partial charge on any atom is -0.377 e. The maximum absolute atomic E-state index is 10.1. The number of aliphatic hydroxyl groups excluding tert-OH is 1. The number of aliphatic imine (C=N–C) groups is 1. The molecule has 2 N–H and O–H groups in total. The molecule has 0 spiro atoms. The van der Waals surface area contributed by atoms with Gasteiger partial charge in [0, 0.05) is 0 Å². The van der Waals surface area contributed by atoms with E-state index in [1.165, 1.54) is 6.08 Å². The summed E-state index contributed by atoms with van der Waals surface area (Å²) in [6.45, 7) is 9.55. The molecule has 0 aliphatic carbocycles. The molecule has 1 rings (SSSR count). The molecule has 1 aromatic rings. The van der Waals surface area contributed by atoms with Gasteiger partial charge in [0.1, 0.15) is 6.73 Å². The number of carbonyl (C=O) groups excluding carboxylic acids is 1. The highest BCUT2D eigenvalue weighted by Gasteiger charge is 2.04. The smallest absolute Gasteiger partial charge is 0.240 e. The standard InChI is InChI=1S/C9H9ClN2O2.2C2H6/c1-6-2-7(10)9(12-5-14)3-8(6)11-4-13;2*1-2/h2-3,12,14H,5H2,1H3;2*1-2H3. The number of halogens is 1. The average Bonchev–Trinajstić information content (AvgIpc) is 2.40. The fourth-order valence-electron chi connectivity index (χ4n) is 1.05. The Hall–Kier alpha value is -1.35. The molecule has 102 valence electrons. The second kappa shape index (κ2) is 12.1. The van der Waals surface area contributed by atoms with Crippen LogP contribution in [-0.2, 0) is 4.79 Å². The van der Waals surface area contributed by atoms with Crippen molar-refractivity contribution < 1.29 is 9.90 Å². The van der Waals surface area contributed by atoms with E-state index in [1.807, 2.05) is 27.7 Å². The van der Waals surface area contributed by atoms with Gasteiger partial charge in [-0.3, -0.25) is 0 Å². The van der Waals surface area contributed by atoms with Gasteiger partial charge in [-0.15, -0.1) is 0 Å². The van der Waals surface area contributed by atoms with Gasteiger partial charge in [-0.1, -0.05) is 39.3 Å². The van der Waals surface area contributed by atoms with Crippen molar-refractivity contribution in [2.45, 2.75) is 34.6 Å². The highest BCUT2D eigenvalue weighted by molar-refractivity contribution is 6.33.